The van der Waals surface area contributed by atoms with E-state index in [0.717, 1.165) is 10.2 Å². The van der Waals surface area contributed by atoms with Gasteiger partial charge in [-0.3, -0.25) is 4.68 Å². The second kappa shape index (κ2) is 7.35. The van der Waals surface area contributed by atoms with Crippen LogP contribution in [-0.2, 0) is 11.3 Å². The molecule has 1 unspecified atom stereocenters. The third-order valence-electron chi connectivity index (χ3n) is 3.20. The molecule has 0 spiro atoms. The highest BCUT2D eigenvalue weighted by Crippen LogP contribution is 2.33. The van der Waals surface area contributed by atoms with Crippen molar-refractivity contribution in [3.8, 4) is 0 Å². The molecule has 0 amide bonds. The Morgan fingerprint density at radius 1 is 1.52 bits per heavy atom. The van der Waals surface area contributed by atoms with E-state index >= 15 is 0 Å². The van der Waals surface area contributed by atoms with Gasteiger partial charge in [-0.05, 0) is 34.6 Å². The molecule has 1 aromatic carbocycles. The minimum Gasteiger partial charge on any atom is -0.383 e. The minimum atomic E-state index is -0.437. The Kier molecular flexibility index (Phi) is 5.75. The highest BCUT2D eigenvalue weighted by atomic mass is 79.9. The summed E-state index contributed by atoms with van der Waals surface area (Å²) in [5.41, 5.74) is 1.54. The van der Waals surface area contributed by atoms with Gasteiger partial charge in [0.15, 0.2) is 0 Å². The predicted octanol–water partition coefficient (Wildman–Crippen LogP) is 3.39. The molecule has 0 aliphatic rings. The molecule has 0 bridgehead atoms. The summed E-state index contributed by atoms with van der Waals surface area (Å²) in [6.45, 7) is 1.14. The lowest BCUT2D eigenvalue weighted by atomic mass is 10.0. The zero-order chi connectivity index (χ0) is 15.4. The smallest absolute Gasteiger partial charge is 0.142 e. The Morgan fingerprint density at radius 2 is 2.29 bits per heavy atom. The first kappa shape index (κ1) is 16.4. The van der Waals surface area contributed by atoms with Gasteiger partial charge in [0.25, 0.3) is 0 Å². The number of aromatic nitrogens is 2. The van der Waals surface area contributed by atoms with Crippen LogP contribution in [0.5, 0.6) is 0 Å². The first-order valence-corrected chi connectivity index (χ1v) is 7.58. The minimum absolute atomic E-state index is 0.114. The van der Waals surface area contributed by atoms with Crippen LogP contribution in [0.3, 0.4) is 0 Å². The summed E-state index contributed by atoms with van der Waals surface area (Å²) in [4.78, 5) is 0. The van der Waals surface area contributed by atoms with E-state index in [1.165, 1.54) is 6.07 Å². The zero-order valence-electron chi connectivity index (χ0n) is 11.7. The quantitative estimate of drug-likeness (QED) is 0.840. The van der Waals surface area contributed by atoms with Crippen molar-refractivity contribution in [3.63, 3.8) is 0 Å². The highest BCUT2D eigenvalue weighted by molar-refractivity contribution is 9.10. The van der Waals surface area contributed by atoms with Crippen LogP contribution < -0.4 is 5.32 Å². The van der Waals surface area contributed by atoms with Crippen molar-refractivity contribution in [2.24, 2.45) is 0 Å². The van der Waals surface area contributed by atoms with Crippen molar-refractivity contribution < 1.29 is 9.13 Å². The molecule has 1 aromatic heterocycles. The summed E-state index contributed by atoms with van der Waals surface area (Å²) in [6.07, 6.45) is 1.71. The lowest BCUT2D eigenvalue weighted by molar-refractivity contribution is 0.182. The van der Waals surface area contributed by atoms with Crippen LogP contribution in [0.1, 0.15) is 17.3 Å². The van der Waals surface area contributed by atoms with E-state index in [0.29, 0.717) is 18.7 Å². The van der Waals surface area contributed by atoms with Crippen LogP contribution in [0.4, 0.5) is 4.39 Å². The average Bonchev–Trinajstić information content (AvgIpc) is 2.83. The van der Waals surface area contributed by atoms with Gasteiger partial charge in [-0.15, -0.1) is 0 Å². The Morgan fingerprint density at radius 3 is 2.95 bits per heavy atom. The summed E-state index contributed by atoms with van der Waals surface area (Å²) in [7, 11) is 3.43. The number of hydrogen-bond donors (Lipinski definition) is 1. The number of nitrogens with one attached hydrogen (secondary N) is 1. The third-order valence-corrected chi connectivity index (χ3v) is 4.20. The predicted molar refractivity (Wildman–Crippen MR) is 84.1 cm³/mol. The molecule has 2 aromatic rings. The number of halogens is 3. The van der Waals surface area contributed by atoms with Gasteiger partial charge in [0.1, 0.15) is 5.82 Å². The number of ether oxygens (including phenoxy) is 1. The molecule has 0 saturated carbocycles. The van der Waals surface area contributed by atoms with Crippen LogP contribution >= 0.6 is 27.5 Å². The van der Waals surface area contributed by atoms with Crippen molar-refractivity contribution in [3.05, 3.63) is 51.0 Å². The van der Waals surface area contributed by atoms with E-state index in [1.807, 2.05) is 4.68 Å². The summed E-state index contributed by atoms with van der Waals surface area (Å²) in [5.74, 6) is -0.437. The molecule has 0 radical (unpaired) electrons. The van der Waals surface area contributed by atoms with E-state index in [1.54, 1.807) is 32.5 Å². The van der Waals surface area contributed by atoms with Crippen molar-refractivity contribution >= 4 is 27.5 Å². The highest BCUT2D eigenvalue weighted by Gasteiger charge is 2.23. The van der Waals surface area contributed by atoms with Gasteiger partial charge in [0.05, 0.1) is 40.6 Å². The Balaban J connectivity index is 2.46. The van der Waals surface area contributed by atoms with Crippen molar-refractivity contribution in [2.75, 3.05) is 20.8 Å². The molecule has 1 heterocycles. The van der Waals surface area contributed by atoms with Crippen LogP contribution in [0.15, 0.2) is 28.9 Å². The normalized spacial score (nSPS) is 12.6. The number of benzene rings is 1. The summed E-state index contributed by atoms with van der Waals surface area (Å²) < 4.78 is 21.4. The SMILES string of the molecule is CNC(c1cccc(F)c1Cl)c1c(Br)cnn1CCOC. The fraction of sp³-hybridized carbons (Fsp3) is 0.357. The molecular formula is C14H16BrClFN3O. The molecule has 21 heavy (non-hydrogen) atoms. The molecule has 114 valence electrons. The van der Waals surface area contributed by atoms with Crippen LogP contribution in [0, 0.1) is 5.82 Å². The van der Waals surface area contributed by atoms with E-state index in [-0.39, 0.29) is 11.1 Å². The monoisotopic (exact) mass is 375 g/mol. The second-order valence-corrected chi connectivity index (χ2v) is 5.69. The molecule has 0 aliphatic carbocycles. The lowest BCUT2D eigenvalue weighted by Crippen LogP contribution is -2.23. The largest absolute Gasteiger partial charge is 0.383 e. The number of nitrogens with zero attached hydrogens (tertiary/aromatic N) is 2. The standard InChI is InChI=1S/C14H16BrClFN3O/c1-18-13(9-4-3-5-11(17)12(9)16)14-10(15)8-19-20(14)6-7-21-2/h3-5,8,13,18H,6-7H2,1-2H3. The van der Waals surface area contributed by atoms with Crippen LogP contribution in [0.25, 0.3) is 0 Å². The van der Waals surface area contributed by atoms with E-state index in [4.69, 9.17) is 16.3 Å². The molecule has 0 fully saturated rings. The number of rotatable bonds is 6. The fourth-order valence-electron chi connectivity index (χ4n) is 2.20. The Hall–Kier alpha value is -0.950. The lowest BCUT2D eigenvalue weighted by Gasteiger charge is -2.20. The second-order valence-electron chi connectivity index (χ2n) is 4.46. The number of methoxy groups -OCH3 is 1. The van der Waals surface area contributed by atoms with Gasteiger partial charge in [-0.1, -0.05) is 23.7 Å². The van der Waals surface area contributed by atoms with Gasteiger partial charge in [-0.2, -0.15) is 5.10 Å². The summed E-state index contributed by atoms with van der Waals surface area (Å²) >= 11 is 9.60. The van der Waals surface area contributed by atoms with Gasteiger partial charge in [-0.25, -0.2) is 4.39 Å². The van der Waals surface area contributed by atoms with Crippen molar-refractivity contribution in [1.29, 1.82) is 0 Å². The number of hydrogen-bond acceptors (Lipinski definition) is 3. The Labute approximate surface area is 136 Å². The van der Waals surface area contributed by atoms with Crippen LogP contribution in [-0.4, -0.2) is 30.5 Å². The average molecular weight is 377 g/mol. The third kappa shape index (κ3) is 3.45. The van der Waals surface area contributed by atoms with Crippen molar-refractivity contribution in [1.82, 2.24) is 15.1 Å². The maximum atomic E-state index is 13.7. The first-order chi connectivity index (χ1) is 10.1. The molecule has 2 rings (SSSR count). The molecule has 0 saturated heterocycles. The van der Waals surface area contributed by atoms with Gasteiger partial charge < -0.3 is 10.1 Å². The molecule has 1 N–H and O–H groups in total. The molecule has 4 nitrogen and oxygen atoms in total. The maximum Gasteiger partial charge on any atom is 0.142 e. The van der Waals surface area contributed by atoms with E-state index < -0.39 is 5.82 Å². The molecule has 1 atom stereocenters. The van der Waals surface area contributed by atoms with Gasteiger partial charge >= 0.3 is 0 Å². The van der Waals surface area contributed by atoms with Crippen molar-refractivity contribution in [2.45, 2.75) is 12.6 Å². The molecule has 0 aliphatic heterocycles. The fourth-order valence-corrected chi connectivity index (χ4v) is 2.96. The zero-order valence-corrected chi connectivity index (χ0v) is 14.1. The maximum absolute atomic E-state index is 13.7. The van der Waals surface area contributed by atoms with Gasteiger partial charge in [0, 0.05) is 7.11 Å². The first-order valence-electron chi connectivity index (χ1n) is 6.41. The van der Waals surface area contributed by atoms with Gasteiger partial charge in [0.2, 0.25) is 0 Å². The van der Waals surface area contributed by atoms with Crippen LogP contribution in [0.2, 0.25) is 5.02 Å². The summed E-state index contributed by atoms with van der Waals surface area (Å²) in [6, 6.07) is 4.51. The molecule has 7 heteroatoms. The van der Waals surface area contributed by atoms with E-state index in [2.05, 4.69) is 26.3 Å². The van der Waals surface area contributed by atoms with E-state index in [9.17, 15) is 4.39 Å². The Bertz CT molecular complexity index is 620. The topological polar surface area (TPSA) is 39.1 Å². The summed E-state index contributed by atoms with van der Waals surface area (Å²) in [5, 5.41) is 7.59. The molecular weight excluding hydrogens is 361 g/mol.